The molecule has 0 saturated carbocycles. The molecular weight excluding hydrogens is 224 g/mol. The van der Waals surface area contributed by atoms with Gasteiger partial charge in [-0.05, 0) is 32.9 Å². The number of aliphatic hydroxyl groups excluding tert-OH is 1. The number of hydrogen-bond acceptors (Lipinski definition) is 3. The molecule has 0 aliphatic heterocycles. The highest BCUT2D eigenvalue weighted by molar-refractivity contribution is 5.26. The molecule has 0 radical (unpaired) electrons. The molecule has 1 aromatic carbocycles. The Balaban J connectivity index is 3.05. The van der Waals surface area contributed by atoms with Gasteiger partial charge in [-0.25, -0.2) is 0 Å². The molecule has 0 heterocycles. The van der Waals surface area contributed by atoms with Gasteiger partial charge in [-0.2, -0.15) is 0 Å². The van der Waals surface area contributed by atoms with Gasteiger partial charge < -0.3 is 10.8 Å². The lowest BCUT2D eigenvalue weighted by Crippen LogP contribution is -2.44. The van der Waals surface area contributed by atoms with Crippen LogP contribution in [0.5, 0.6) is 0 Å². The molecule has 3 nitrogen and oxygen atoms in total. The molecule has 0 aromatic heterocycles. The highest BCUT2D eigenvalue weighted by Crippen LogP contribution is 2.26. The fourth-order valence-electron chi connectivity index (χ4n) is 2.26. The zero-order valence-electron chi connectivity index (χ0n) is 11.9. The maximum absolute atomic E-state index is 9.33. The van der Waals surface area contributed by atoms with Crippen molar-refractivity contribution in [3.05, 3.63) is 35.4 Å². The predicted molar refractivity (Wildman–Crippen MR) is 76.5 cm³/mol. The molecule has 0 bridgehead atoms. The van der Waals surface area contributed by atoms with Gasteiger partial charge in [0.05, 0.1) is 6.61 Å². The summed E-state index contributed by atoms with van der Waals surface area (Å²) in [6.07, 6.45) is 0.918. The third-order valence-corrected chi connectivity index (χ3v) is 3.66. The number of hydrogen-bond donors (Lipinski definition) is 2. The van der Waals surface area contributed by atoms with Crippen molar-refractivity contribution in [2.75, 3.05) is 13.7 Å². The fourth-order valence-corrected chi connectivity index (χ4v) is 2.26. The first-order valence-electron chi connectivity index (χ1n) is 6.66. The SMILES string of the molecule is CCC(N)C(c1cccc(C)c1)N(C)C(C)CO. The largest absolute Gasteiger partial charge is 0.395 e. The molecule has 0 saturated heterocycles. The van der Waals surface area contributed by atoms with Gasteiger partial charge in [0.25, 0.3) is 0 Å². The van der Waals surface area contributed by atoms with Gasteiger partial charge in [-0.3, -0.25) is 4.90 Å². The van der Waals surface area contributed by atoms with E-state index < -0.39 is 0 Å². The lowest BCUT2D eigenvalue weighted by atomic mass is 9.94. The number of aliphatic hydroxyl groups is 1. The minimum Gasteiger partial charge on any atom is -0.395 e. The summed E-state index contributed by atoms with van der Waals surface area (Å²) >= 11 is 0. The number of nitrogens with two attached hydrogens (primary N) is 1. The minimum atomic E-state index is 0.0748. The number of nitrogens with zero attached hydrogens (tertiary/aromatic N) is 1. The lowest BCUT2D eigenvalue weighted by molar-refractivity contribution is 0.105. The summed E-state index contributed by atoms with van der Waals surface area (Å²) in [4.78, 5) is 2.17. The Morgan fingerprint density at radius 2 is 2.06 bits per heavy atom. The second-order valence-corrected chi connectivity index (χ2v) is 5.13. The quantitative estimate of drug-likeness (QED) is 0.813. The Kier molecular flexibility index (Phi) is 5.79. The molecule has 1 rings (SSSR count). The van der Waals surface area contributed by atoms with Gasteiger partial charge in [0.1, 0.15) is 0 Å². The molecule has 0 spiro atoms. The van der Waals surface area contributed by atoms with Gasteiger partial charge in [-0.1, -0.05) is 36.8 Å². The Morgan fingerprint density at radius 1 is 1.39 bits per heavy atom. The number of benzene rings is 1. The van der Waals surface area contributed by atoms with E-state index in [4.69, 9.17) is 5.73 Å². The molecule has 18 heavy (non-hydrogen) atoms. The second-order valence-electron chi connectivity index (χ2n) is 5.13. The predicted octanol–water partition coefficient (Wildman–Crippen LogP) is 2.09. The maximum Gasteiger partial charge on any atom is 0.0584 e. The molecule has 3 atom stereocenters. The maximum atomic E-state index is 9.33. The lowest BCUT2D eigenvalue weighted by Gasteiger charge is -2.36. The summed E-state index contributed by atoms with van der Waals surface area (Å²) in [7, 11) is 2.03. The third-order valence-electron chi connectivity index (χ3n) is 3.66. The van der Waals surface area contributed by atoms with Gasteiger partial charge >= 0.3 is 0 Å². The fraction of sp³-hybridized carbons (Fsp3) is 0.600. The zero-order chi connectivity index (χ0) is 13.7. The third kappa shape index (κ3) is 3.55. The van der Waals surface area contributed by atoms with Crippen LogP contribution in [0.1, 0.15) is 37.4 Å². The standard InChI is InChI=1S/C15H26N2O/c1-5-14(16)15(17(4)12(3)10-18)13-8-6-7-11(2)9-13/h6-9,12,14-15,18H,5,10,16H2,1-4H3. The molecule has 3 unspecified atom stereocenters. The van der Waals surface area contributed by atoms with Crippen LogP contribution in [-0.4, -0.2) is 35.7 Å². The van der Waals surface area contributed by atoms with Crippen LogP contribution in [0, 0.1) is 6.92 Å². The van der Waals surface area contributed by atoms with Crippen LogP contribution in [0.25, 0.3) is 0 Å². The van der Waals surface area contributed by atoms with Crippen LogP contribution in [0.2, 0.25) is 0 Å². The van der Waals surface area contributed by atoms with E-state index in [1.807, 2.05) is 14.0 Å². The summed E-state index contributed by atoms with van der Waals surface area (Å²) in [5, 5.41) is 9.33. The average molecular weight is 250 g/mol. The molecule has 0 aliphatic rings. The van der Waals surface area contributed by atoms with Crippen LogP contribution in [-0.2, 0) is 0 Å². The summed E-state index contributed by atoms with van der Waals surface area (Å²) < 4.78 is 0. The summed E-state index contributed by atoms with van der Waals surface area (Å²) in [5.74, 6) is 0. The number of rotatable bonds is 6. The van der Waals surface area contributed by atoms with Crippen LogP contribution in [0.15, 0.2) is 24.3 Å². The van der Waals surface area contributed by atoms with Crippen LogP contribution < -0.4 is 5.73 Å². The molecule has 1 aromatic rings. The van der Waals surface area contributed by atoms with Gasteiger partial charge in [0.2, 0.25) is 0 Å². The van der Waals surface area contributed by atoms with E-state index in [2.05, 4.69) is 43.0 Å². The average Bonchev–Trinajstić information content (AvgIpc) is 2.37. The highest BCUT2D eigenvalue weighted by atomic mass is 16.3. The van der Waals surface area contributed by atoms with E-state index in [1.165, 1.54) is 11.1 Å². The monoisotopic (exact) mass is 250 g/mol. The van der Waals surface area contributed by atoms with Crippen molar-refractivity contribution in [1.29, 1.82) is 0 Å². The minimum absolute atomic E-state index is 0.0748. The first-order chi connectivity index (χ1) is 8.51. The Bertz CT molecular complexity index is 367. The van der Waals surface area contributed by atoms with Crippen molar-refractivity contribution < 1.29 is 5.11 Å². The van der Waals surface area contributed by atoms with E-state index in [0.29, 0.717) is 0 Å². The molecule has 0 aliphatic carbocycles. The summed E-state index contributed by atoms with van der Waals surface area (Å²) in [6, 6.07) is 8.79. The van der Waals surface area contributed by atoms with E-state index >= 15 is 0 Å². The first-order valence-corrected chi connectivity index (χ1v) is 6.66. The molecule has 0 amide bonds. The Morgan fingerprint density at radius 3 is 2.56 bits per heavy atom. The van der Waals surface area contributed by atoms with Gasteiger partial charge in [0.15, 0.2) is 0 Å². The van der Waals surface area contributed by atoms with Crippen molar-refractivity contribution in [2.24, 2.45) is 5.73 Å². The Hall–Kier alpha value is -0.900. The van der Waals surface area contributed by atoms with E-state index in [9.17, 15) is 5.11 Å². The molecule has 3 N–H and O–H groups in total. The molecular formula is C15H26N2O. The van der Waals surface area contributed by atoms with E-state index in [-0.39, 0.29) is 24.7 Å². The first kappa shape index (κ1) is 15.2. The second kappa shape index (κ2) is 6.88. The van der Waals surface area contributed by atoms with Crippen molar-refractivity contribution in [3.63, 3.8) is 0 Å². The van der Waals surface area contributed by atoms with E-state index in [1.54, 1.807) is 0 Å². The Labute approximate surface area is 111 Å². The van der Waals surface area contributed by atoms with E-state index in [0.717, 1.165) is 6.42 Å². The molecule has 102 valence electrons. The van der Waals surface area contributed by atoms with Crippen LogP contribution in [0.3, 0.4) is 0 Å². The molecule has 3 heteroatoms. The molecule has 0 fully saturated rings. The van der Waals surface area contributed by atoms with Gasteiger partial charge in [0, 0.05) is 18.1 Å². The topological polar surface area (TPSA) is 49.5 Å². The normalized spacial score (nSPS) is 16.6. The van der Waals surface area contributed by atoms with Crippen molar-refractivity contribution in [1.82, 2.24) is 4.90 Å². The van der Waals surface area contributed by atoms with Crippen molar-refractivity contribution in [2.45, 2.75) is 45.3 Å². The smallest absolute Gasteiger partial charge is 0.0584 e. The zero-order valence-corrected chi connectivity index (χ0v) is 11.9. The van der Waals surface area contributed by atoms with Gasteiger partial charge in [-0.15, -0.1) is 0 Å². The van der Waals surface area contributed by atoms with Crippen LogP contribution in [0.4, 0.5) is 0 Å². The van der Waals surface area contributed by atoms with Crippen molar-refractivity contribution >= 4 is 0 Å². The number of aryl methyl sites for hydroxylation is 1. The number of likely N-dealkylation sites (N-methyl/N-ethyl adjacent to an activating group) is 1. The summed E-state index contributed by atoms with van der Waals surface area (Å²) in [5.41, 5.74) is 8.74. The summed E-state index contributed by atoms with van der Waals surface area (Å²) in [6.45, 7) is 6.36. The van der Waals surface area contributed by atoms with Crippen LogP contribution >= 0.6 is 0 Å². The highest BCUT2D eigenvalue weighted by Gasteiger charge is 2.26. The van der Waals surface area contributed by atoms with Crippen molar-refractivity contribution in [3.8, 4) is 0 Å².